The summed E-state index contributed by atoms with van der Waals surface area (Å²) in [6.07, 6.45) is 8.75. The highest BCUT2D eigenvalue weighted by Crippen LogP contribution is 2.34. The molecule has 1 aromatic carbocycles. The van der Waals surface area contributed by atoms with Crippen molar-refractivity contribution in [3.05, 3.63) is 35.4 Å². The van der Waals surface area contributed by atoms with Gasteiger partial charge < -0.3 is 0 Å². The zero-order valence-corrected chi connectivity index (χ0v) is 11.5. The number of rotatable bonds is 3. The van der Waals surface area contributed by atoms with Gasteiger partial charge in [0.15, 0.2) is 0 Å². The first kappa shape index (κ1) is 13.0. The third-order valence-electron chi connectivity index (χ3n) is 3.82. The van der Waals surface area contributed by atoms with Crippen molar-refractivity contribution in [3.8, 4) is 0 Å². The molecule has 0 aromatic heterocycles. The predicted molar refractivity (Wildman–Crippen MR) is 75.9 cm³/mol. The molecule has 2 rings (SSSR count). The molecule has 2 atom stereocenters. The van der Waals surface area contributed by atoms with Crippen LogP contribution in [0, 0.1) is 0 Å². The summed E-state index contributed by atoms with van der Waals surface area (Å²) in [7, 11) is 0. The summed E-state index contributed by atoms with van der Waals surface area (Å²) in [4.78, 5) is 0. The Hall–Kier alpha value is -0.490. The first-order valence-corrected chi connectivity index (χ1v) is 7.46. The fourth-order valence-corrected chi connectivity index (χ4v) is 3.26. The van der Waals surface area contributed by atoms with Crippen molar-refractivity contribution in [2.75, 3.05) is 0 Å². The van der Waals surface area contributed by atoms with Crippen LogP contribution in [0.2, 0.25) is 0 Å². The van der Waals surface area contributed by atoms with Crippen molar-refractivity contribution in [1.82, 2.24) is 0 Å². The fraction of sp³-hybridized carbons (Fsp3) is 0.625. The standard InChI is InChI=1S/C16H23Cl/c1-2-6-13-7-5-9-14(11-13)15-8-3-4-10-16(17)12-15/h5,7,9,11,15-16H,2-4,6,8,10,12H2,1H3. The zero-order valence-electron chi connectivity index (χ0n) is 10.8. The number of benzene rings is 1. The molecule has 0 bridgehead atoms. The quantitative estimate of drug-likeness (QED) is 0.505. The van der Waals surface area contributed by atoms with Crippen molar-refractivity contribution >= 4 is 11.6 Å². The van der Waals surface area contributed by atoms with Crippen LogP contribution < -0.4 is 0 Å². The van der Waals surface area contributed by atoms with Crippen LogP contribution in [0.5, 0.6) is 0 Å². The number of halogens is 1. The first-order valence-electron chi connectivity index (χ1n) is 7.02. The summed E-state index contributed by atoms with van der Waals surface area (Å²) in [5, 5.41) is 0.386. The SMILES string of the molecule is CCCc1cccc(C2CCCCC(Cl)C2)c1. The van der Waals surface area contributed by atoms with E-state index in [9.17, 15) is 0 Å². The van der Waals surface area contributed by atoms with Crippen LogP contribution in [0.1, 0.15) is 62.5 Å². The second kappa shape index (κ2) is 6.44. The summed E-state index contributed by atoms with van der Waals surface area (Å²) in [5.41, 5.74) is 3.00. The van der Waals surface area contributed by atoms with Gasteiger partial charge in [0.1, 0.15) is 0 Å². The molecule has 94 valence electrons. The zero-order chi connectivity index (χ0) is 12.1. The maximum absolute atomic E-state index is 6.37. The molecule has 1 saturated carbocycles. The molecule has 0 amide bonds. The summed E-state index contributed by atoms with van der Waals surface area (Å²) < 4.78 is 0. The topological polar surface area (TPSA) is 0 Å². The lowest BCUT2D eigenvalue weighted by atomic mass is 9.90. The molecule has 1 heteroatoms. The van der Waals surface area contributed by atoms with E-state index in [-0.39, 0.29) is 0 Å². The molecular weight excluding hydrogens is 228 g/mol. The van der Waals surface area contributed by atoms with Gasteiger partial charge in [0, 0.05) is 5.38 Å². The largest absolute Gasteiger partial charge is 0.123 e. The Kier molecular flexibility index (Phi) is 4.91. The molecule has 0 radical (unpaired) electrons. The van der Waals surface area contributed by atoms with Crippen molar-refractivity contribution in [2.24, 2.45) is 0 Å². The van der Waals surface area contributed by atoms with Gasteiger partial charge >= 0.3 is 0 Å². The summed E-state index contributed by atoms with van der Waals surface area (Å²) in [6, 6.07) is 9.16. The van der Waals surface area contributed by atoms with Gasteiger partial charge in [0.25, 0.3) is 0 Å². The number of hydrogen-bond donors (Lipinski definition) is 0. The minimum absolute atomic E-state index is 0.386. The van der Waals surface area contributed by atoms with E-state index in [4.69, 9.17) is 11.6 Å². The van der Waals surface area contributed by atoms with Crippen LogP contribution in [0.4, 0.5) is 0 Å². The molecule has 0 N–H and O–H groups in total. The summed E-state index contributed by atoms with van der Waals surface area (Å²) >= 11 is 6.37. The number of alkyl halides is 1. The van der Waals surface area contributed by atoms with E-state index in [1.165, 1.54) is 49.7 Å². The monoisotopic (exact) mass is 250 g/mol. The van der Waals surface area contributed by atoms with E-state index in [1.54, 1.807) is 0 Å². The Balaban J connectivity index is 2.11. The average Bonchev–Trinajstić information content (AvgIpc) is 2.55. The van der Waals surface area contributed by atoms with Crippen LogP contribution >= 0.6 is 11.6 Å². The van der Waals surface area contributed by atoms with Crippen LogP contribution in [0.25, 0.3) is 0 Å². The second-order valence-corrected chi connectivity index (χ2v) is 5.93. The first-order chi connectivity index (χ1) is 8.29. The van der Waals surface area contributed by atoms with E-state index in [1.807, 2.05) is 0 Å². The van der Waals surface area contributed by atoms with Crippen molar-refractivity contribution < 1.29 is 0 Å². The van der Waals surface area contributed by atoms with Gasteiger partial charge in [-0.3, -0.25) is 0 Å². The van der Waals surface area contributed by atoms with E-state index >= 15 is 0 Å². The molecule has 0 nitrogen and oxygen atoms in total. The number of hydrogen-bond acceptors (Lipinski definition) is 0. The summed E-state index contributed by atoms with van der Waals surface area (Å²) in [5.74, 6) is 0.691. The van der Waals surface area contributed by atoms with Gasteiger partial charge in [0.05, 0.1) is 0 Å². The Labute approximate surface area is 110 Å². The Bertz CT molecular complexity index is 345. The molecule has 0 spiro atoms. The van der Waals surface area contributed by atoms with Crippen LogP contribution in [0.3, 0.4) is 0 Å². The molecule has 17 heavy (non-hydrogen) atoms. The molecule has 0 saturated heterocycles. The highest BCUT2D eigenvalue weighted by atomic mass is 35.5. The lowest BCUT2D eigenvalue weighted by Gasteiger charge is -2.17. The Morgan fingerprint density at radius 2 is 2.06 bits per heavy atom. The average molecular weight is 251 g/mol. The summed E-state index contributed by atoms with van der Waals surface area (Å²) in [6.45, 7) is 2.24. The van der Waals surface area contributed by atoms with E-state index in [0.29, 0.717) is 11.3 Å². The second-order valence-electron chi connectivity index (χ2n) is 5.31. The fourth-order valence-electron chi connectivity index (χ4n) is 2.89. The predicted octanol–water partition coefficient (Wildman–Crippen LogP) is 5.29. The van der Waals surface area contributed by atoms with Gasteiger partial charge in [-0.2, -0.15) is 0 Å². The minimum Gasteiger partial charge on any atom is -0.123 e. The van der Waals surface area contributed by atoms with Gasteiger partial charge in [-0.1, -0.05) is 50.5 Å². The maximum atomic E-state index is 6.37. The van der Waals surface area contributed by atoms with Crippen LogP contribution in [0.15, 0.2) is 24.3 Å². The van der Waals surface area contributed by atoms with Gasteiger partial charge in [-0.25, -0.2) is 0 Å². The third-order valence-corrected chi connectivity index (χ3v) is 4.22. The Morgan fingerprint density at radius 1 is 1.24 bits per heavy atom. The molecule has 1 fully saturated rings. The van der Waals surface area contributed by atoms with E-state index in [2.05, 4.69) is 31.2 Å². The molecule has 1 aliphatic carbocycles. The van der Waals surface area contributed by atoms with Crippen LogP contribution in [-0.2, 0) is 6.42 Å². The maximum Gasteiger partial charge on any atom is 0.0341 e. The van der Waals surface area contributed by atoms with Crippen molar-refractivity contribution in [3.63, 3.8) is 0 Å². The Morgan fingerprint density at radius 3 is 2.88 bits per heavy atom. The lowest BCUT2D eigenvalue weighted by molar-refractivity contribution is 0.595. The molecule has 1 aliphatic rings. The van der Waals surface area contributed by atoms with Crippen LogP contribution in [-0.4, -0.2) is 5.38 Å². The molecule has 0 aliphatic heterocycles. The molecule has 2 unspecified atom stereocenters. The lowest BCUT2D eigenvalue weighted by Crippen LogP contribution is -2.04. The third kappa shape index (κ3) is 3.74. The highest BCUT2D eigenvalue weighted by Gasteiger charge is 2.19. The molecule has 0 heterocycles. The molecular formula is C16H23Cl. The van der Waals surface area contributed by atoms with Gasteiger partial charge in [0.2, 0.25) is 0 Å². The van der Waals surface area contributed by atoms with E-state index in [0.717, 1.165) is 6.42 Å². The van der Waals surface area contributed by atoms with Crippen molar-refractivity contribution in [2.45, 2.75) is 63.2 Å². The van der Waals surface area contributed by atoms with Gasteiger partial charge in [-0.05, 0) is 42.7 Å². The van der Waals surface area contributed by atoms with Gasteiger partial charge in [-0.15, -0.1) is 11.6 Å². The van der Waals surface area contributed by atoms with Crippen molar-refractivity contribution in [1.29, 1.82) is 0 Å². The highest BCUT2D eigenvalue weighted by molar-refractivity contribution is 6.20. The van der Waals surface area contributed by atoms with E-state index < -0.39 is 0 Å². The molecule has 1 aromatic rings. The smallest absolute Gasteiger partial charge is 0.0341 e. The minimum atomic E-state index is 0.386. The number of aryl methyl sites for hydroxylation is 1. The normalized spacial score (nSPS) is 25.5.